The number of pyridine rings is 1. The molecule has 0 radical (unpaired) electrons. The number of hydrogen-bond acceptors (Lipinski definition) is 7. The lowest BCUT2D eigenvalue weighted by Gasteiger charge is -2.15. The molecule has 4 aromatic rings. The van der Waals surface area contributed by atoms with Gasteiger partial charge < -0.3 is 10.1 Å². The number of methoxy groups -OCH3 is 1. The molecule has 1 aliphatic carbocycles. The van der Waals surface area contributed by atoms with Crippen molar-refractivity contribution in [2.45, 2.75) is 46.0 Å². The molecule has 0 spiro atoms. The zero-order valence-corrected chi connectivity index (χ0v) is 21.8. The van der Waals surface area contributed by atoms with Gasteiger partial charge in [-0.25, -0.2) is 14.6 Å². The van der Waals surface area contributed by atoms with E-state index in [9.17, 15) is 4.79 Å². The van der Waals surface area contributed by atoms with Crippen molar-refractivity contribution in [3.63, 3.8) is 0 Å². The number of carbonyl (C=O) groups is 1. The van der Waals surface area contributed by atoms with Crippen LogP contribution in [-0.2, 0) is 28.8 Å². The number of hydrogen-bond donors (Lipinski definition) is 1. The first-order valence-electron chi connectivity index (χ1n) is 12.5. The average molecular weight is 502 g/mol. The predicted molar refractivity (Wildman–Crippen MR) is 144 cm³/mol. The van der Waals surface area contributed by atoms with Gasteiger partial charge in [0.25, 0.3) is 0 Å². The van der Waals surface area contributed by atoms with Gasteiger partial charge in [-0.15, -0.1) is 11.3 Å². The second-order valence-corrected chi connectivity index (χ2v) is 10.1. The SMILES string of the molecule is CCNc1ccc(-c2nn(-c3ccccc3C)c3c2CCc2nc(CC(=O)CCCOC)sc2-3)cn1. The van der Waals surface area contributed by atoms with E-state index in [2.05, 4.69) is 47.0 Å². The number of aromatic nitrogens is 4. The van der Waals surface area contributed by atoms with Crippen LogP contribution in [0.15, 0.2) is 42.6 Å². The van der Waals surface area contributed by atoms with Gasteiger partial charge in [-0.05, 0) is 56.9 Å². The summed E-state index contributed by atoms with van der Waals surface area (Å²) in [6.07, 6.45) is 5.22. The van der Waals surface area contributed by atoms with E-state index in [1.54, 1.807) is 18.4 Å². The molecule has 0 atom stereocenters. The molecule has 0 fully saturated rings. The van der Waals surface area contributed by atoms with Crippen molar-refractivity contribution in [1.29, 1.82) is 0 Å². The van der Waals surface area contributed by atoms with Gasteiger partial charge in [0.2, 0.25) is 0 Å². The van der Waals surface area contributed by atoms with Crippen LogP contribution in [0.2, 0.25) is 0 Å². The van der Waals surface area contributed by atoms with Gasteiger partial charge in [0.1, 0.15) is 16.6 Å². The Hall–Kier alpha value is -3.36. The number of nitrogens with one attached hydrogen (secondary N) is 1. The third-order valence-corrected chi connectivity index (χ3v) is 7.55. The zero-order chi connectivity index (χ0) is 25.1. The Kier molecular flexibility index (Phi) is 7.25. The molecule has 5 rings (SSSR count). The fraction of sp³-hybridized carbons (Fsp3) is 0.357. The van der Waals surface area contributed by atoms with Gasteiger partial charge in [-0.3, -0.25) is 4.79 Å². The summed E-state index contributed by atoms with van der Waals surface area (Å²) in [5.41, 5.74) is 7.53. The van der Waals surface area contributed by atoms with E-state index < -0.39 is 0 Å². The number of aryl methyl sites for hydroxylation is 2. The Morgan fingerprint density at radius 2 is 2.06 bits per heavy atom. The topological polar surface area (TPSA) is 81.9 Å². The van der Waals surface area contributed by atoms with Crippen molar-refractivity contribution >= 4 is 22.9 Å². The highest BCUT2D eigenvalue weighted by atomic mass is 32.1. The number of para-hydroxylation sites is 1. The highest BCUT2D eigenvalue weighted by Crippen LogP contribution is 2.43. The number of fused-ring (bicyclic) bond motifs is 3. The van der Waals surface area contributed by atoms with E-state index in [1.165, 1.54) is 5.56 Å². The average Bonchev–Trinajstić information content (AvgIpc) is 3.46. The maximum atomic E-state index is 12.5. The lowest BCUT2D eigenvalue weighted by atomic mass is 9.95. The molecule has 36 heavy (non-hydrogen) atoms. The molecule has 1 aromatic carbocycles. The van der Waals surface area contributed by atoms with Crippen LogP contribution in [0, 0.1) is 6.92 Å². The minimum Gasteiger partial charge on any atom is -0.385 e. The van der Waals surface area contributed by atoms with E-state index >= 15 is 0 Å². The third kappa shape index (κ3) is 4.83. The lowest BCUT2D eigenvalue weighted by Crippen LogP contribution is -2.07. The first-order chi connectivity index (χ1) is 17.6. The van der Waals surface area contributed by atoms with Crippen LogP contribution in [-0.4, -0.2) is 45.8 Å². The van der Waals surface area contributed by atoms with E-state index in [0.717, 1.165) is 75.4 Å². The summed E-state index contributed by atoms with van der Waals surface area (Å²) >= 11 is 1.63. The summed E-state index contributed by atoms with van der Waals surface area (Å²) in [4.78, 5) is 23.1. The summed E-state index contributed by atoms with van der Waals surface area (Å²) in [5.74, 6) is 1.07. The predicted octanol–water partition coefficient (Wildman–Crippen LogP) is 5.43. The largest absolute Gasteiger partial charge is 0.385 e. The number of carbonyl (C=O) groups excluding carboxylic acids is 1. The van der Waals surface area contributed by atoms with Crippen LogP contribution in [0.3, 0.4) is 0 Å². The summed E-state index contributed by atoms with van der Waals surface area (Å²) in [7, 11) is 1.66. The summed E-state index contributed by atoms with van der Waals surface area (Å²) in [6, 6.07) is 12.4. The van der Waals surface area contributed by atoms with Crippen LogP contribution in [0.4, 0.5) is 5.82 Å². The Balaban J connectivity index is 1.57. The first-order valence-corrected chi connectivity index (χ1v) is 13.3. The quantitative estimate of drug-likeness (QED) is 0.292. The van der Waals surface area contributed by atoms with Gasteiger partial charge >= 0.3 is 0 Å². The van der Waals surface area contributed by atoms with E-state index in [1.807, 2.05) is 24.4 Å². The van der Waals surface area contributed by atoms with Crippen molar-refractivity contribution in [2.75, 3.05) is 25.6 Å². The van der Waals surface area contributed by atoms with Crippen molar-refractivity contribution in [1.82, 2.24) is 19.7 Å². The molecule has 0 bridgehead atoms. The number of benzene rings is 1. The normalized spacial score (nSPS) is 12.3. The first kappa shape index (κ1) is 24.3. The van der Waals surface area contributed by atoms with E-state index in [4.69, 9.17) is 14.8 Å². The maximum absolute atomic E-state index is 12.5. The van der Waals surface area contributed by atoms with Crippen LogP contribution < -0.4 is 5.32 Å². The smallest absolute Gasteiger partial charge is 0.139 e. The number of rotatable bonds is 10. The minimum absolute atomic E-state index is 0.207. The number of nitrogens with zero attached hydrogens (tertiary/aromatic N) is 4. The zero-order valence-electron chi connectivity index (χ0n) is 21.0. The molecule has 0 saturated carbocycles. The number of Topliss-reactive ketones (excluding diaryl/α,β-unsaturated/α-hetero) is 1. The van der Waals surface area contributed by atoms with Crippen molar-refractivity contribution in [3.05, 3.63) is 64.4 Å². The second-order valence-electron chi connectivity index (χ2n) is 9.03. The Morgan fingerprint density at radius 1 is 1.19 bits per heavy atom. The molecular formula is C28H31N5O2S. The van der Waals surface area contributed by atoms with Crippen molar-refractivity contribution < 1.29 is 9.53 Å². The third-order valence-electron chi connectivity index (χ3n) is 6.44. The molecule has 8 heteroatoms. The number of anilines is 1. The molecule has 186 valence electrons. The Morgan fingerprint density at radius 3 is 2.81 bits per heavy atom. The van der Waals surface area contributed by atoms with Crippen LogP contribution in [0.5, 0.6) is 0 Å². The van der Waals surface area contributed by atoms with Gasteiger partial charge in [0, 0.05) is 44.0 Å². The summed E-state index contributed by atoms with van der Waals surface area (Å²) in [5, 5.41) is 9.28. The van der Waals surface area contributed by atoms with Gasteiger partial charge in [-0.1, -0.05) is 18.2 Å². The van der Waals surface area contributed by atoms with Crippen LogP contribution in [0.1, 0.15) is 41.6 Å². The number of ether oxygens (including phenoxy) is 1. The summed E-state index contributed by atoms with van der Waals surface area (Å²) in [6.45, 7) is 5.60. The minimum atomic E-state index is 0.207. The molecule has 0 amide bonds. The van der Waals surface area contributed by atoms with Gasteiger partial charge in [-0.2, -0.15) is 5.10 Å². The van der Waals surface area contributed by atoms with Crippen LogP contribution in [0.25, 0.3) is 27.5 Å². The van der Waals surface area contributed by atoms with Crippen molar-refractivity contribution in [3.8, 4) is 27.5 Å². The van der Waals surface area contributed by atoms with E-state index in [0.29, 0.717) is 19.4 Å². The molecular weight excluding hydrogens is 470 g/mol. The highest BCUT2D eigenvalue weighted by molar-refractivity contribution is 7.15. The molecule has 3 heterocycles. The number of thiazole rings is 1. The standard InChI is InChI=1S/C28H31N5O2S/c1-4-29-24-14-11-19(17-30-24)26-21-12-13-22-28(36-25(31-22)16-20(34)9-7-15-35-3)27(21)33(32-26)23-10-6-5-8-18(23)2/h5-6,8,10-11,14,17H,4,7,9,12-13,15-16H2,1-3H3,(H,29,30). The van der Waals surface area contributed by atoms with Crippen LogP contribution >= 0.6 is 11.3 Å². The Bertz CT molecular complexity index is 1370. The highest BCUT2D eigenvalue weighted by Gasteiger charge is 2.30. The molecule has 3 aromatic heterocycles. The second kappa shape index (κ2) is 10.7. The molecule has 0 unspecified atom stereocenters. The Labute approximate surface area is 215 Å². The molecule has 0 saturated heterocycles. The fourth-order valence-corrected chi connectivity index (χ4v) is 5.89. The lowest BCUT2D eigenvalue weighted by molar-refractivity contribution is -0.118. The molecule has 1 N–H and O–H groups in total. The monoisotopic (exact) mass is 501 g/mol. The fourth-order valence-electron chi connectivity index (χ4n) is 4.69. The molecule has 1 aliphatic rings. The van der Waals surface area contributed by atoms with E-state index in [-0.39, 0.29) is 5.78 Å². The molecule has 7 nitrogen and oxygen atoms in total. The van der Waals surface area contributed by atoms with Crippen molar-refractivity contribution in [2.24, 2.45) is 0 Å². The summed E-state index contributed by atoms with van der Waals surface area (Å²) < 4.78 is 7.16. The number of ketones is 1. The maximum Gasteiger partial charge on any atom is 0.139 e. The molecule has 0 aliphatic heterocycles. The van der Waals surface area contributed by atoms with Gasteiger partial charge in [0.15, 0.2) is 0 Å². The van der Waals surface area contributed by atoms with Gasteiger partial charge in [0.05, 0.1) is 34.1 Å².